The molecule has 0 radical (unpaired) electrons. The third-order valence-corrected chi connectivity index (χ3v) is 3.33. The molecule has 0 aliphatic carbocycles. The number of likely N-dealkylation sites (tertiary alicyclic amines) is 1. The van der Waals surface area contributed by atoms with Crippen LogP contribution in [0.5, 0.6) is 0 Å². The van der Waals surface area contributed by atoms with E-state index in [1.807, 2.05) is 24.3 Å². The number of rotatable bonds is 5. The number of alkyl halides is 1. The number of nitrogens with one attached hydrogen (secondary N) is 1. The summed E-state index contributed by atoms with van der Waals surface area (Å²) < 4.78 is 13.0. The quantitative estimate of drug-likeness (QED) is 0.857. The first-order chi connectivity index (χ1) is 9.13. The number of nitrogens with zero attached hydrogens (tertiary/aromatic N) is 1. The lowest BCUT2D eigenvalue weighted by molar-refractivity contribution is 0.194. The lowest BCUT2D eigenvalue weighted by atomic mass is 10.1. The van der Waals surface area contributed by atoms with Crippen molar-refractivity contribution in [2.75, 3.05) is 19.6 Å². The van der Waals surface area contributed by atoms with E-state index >= 15 is 0 Å². The summed E-state index contributed by atoms with van der Waals surface area (Å²) >= 11 is 0. The lowest BCUT2D eigenvalue weighted by Crippen LogP contribution is -2.23. The van der Waals surface area contributed by atoms with Crippen molar-refractivity contribution in [3.05, 3.63) is 35.4 Å². The molecule has 5 heteroatoms. The molecule has 2 N–H and O–H groups in total. The van der Waals surface area contributed by atoms with Crippen LogP contribution in [0.2, 0.25) is 0 Å². The summed E-state index contributed by atoms with van der Waals surface area (Å²) in [7, 11) is 0. The Balaban J connectivity index is 1.79. The summed E-state index contributed by atoms with van der Waals surface area (Å²) in [5, 5.41) is 10.8. The van der Waals surface area contributed by atoms with Crippen molar-refractivity contribution >= 4 is 6.09 Å². The van der Waals surface area contributed by atoms with Gasteiger partial charge in [-0.05, 0) is 24.0 Å². The van der Waals surface area contributed by atoms with Crippen molar-refractivity contribution in [3.63, 3.8) is 0 Å². The SMILES string of the molecule is O=C(O)NCCc1ccc(CN2CC[C@H](F)C2)cc1. The fourth-order valence-electron chi connectivity index (χ4n) is 2.31. The van der Waals surface area contributed by atoms with Gasteiger partial charge < -0.3 is 10.4 Å². The normalized spacial score (nSPS) is 19.5. The van der Waals surface area contributed by atoms with Gasteiger partial charge in [0.25, 0.3) is 0 Å². The van der Waals surface area contributed by atoms with Crippen LogP contribution in [0.3, 0.4) is 0 Å². The Labute approximate surface area is 112 Å². The highest BCUT2D eigenvalue weighted by Gasteiger charge is 2.21. The predicted molar refractivity (Wildman–Crippen MR) is 71.0 cm³/mol. The van der Waals surface area contributed by atoms with Gasteiger partial charge in [-0.2, -0.15) is 0 Å². The first kappa shape index (κ1) is 13.8. The van der Waals surface area contributed by atoms with Crippen molar-refractivity contribution < 1.29 is 14.3 Å². The van der Waals surface area contributed by atoms with Gasteiger partial charge in [0.05, 0.1) is 0 Å². The molecule has 0 spiro atoms. The number of carboxylic acid groups (broad SMARTS) is 1. The van der Waals surface area contributed by atoms with Crippen LogP contribution in [0, 0.1) is 0 Å². The average molecular weight is 266 g/mol. The number of benzene rings is 1. The number of hydrogen-bond donors (Lipinski definition) is 2. The first-order valence-corrected chi connectivity index (χ1v) is 6.54. The minimum atomic E-state index is -0.994. The molecule has 1 aromatic carbocycles. The second kappa shape index (κ2) is 6.52. The van der Waals surface area contributed by atoms with Gasteiger partial charge >= 0.3 is 6.09 Å². The van der Waals surface area contributed by atoms with Gasteiger partial charge in [-0.25, -0.2) is 9.18 Å². The summed E-state index contributed by atoms with van der Waals surface area (Å²) in [6.07, 6.45) is -0.352. The van der Waals surface area contributed by atoms with Crippen molar-refractivity contribution in [2.45, 2.75) is 25.6 Å². The van der Waals surface area contributed by atoms with Crippen LogP contribution in [0.4, 0.5) is 9.18 Å². The summed E-state index contributed by atoms with van der Waals surface area (Å²) in [5.74, 6) is 0. The molecule has 2 rings (SSSR count). The molecule has 1 saturated heterocycles. The smallest absolute Gasteiger partial charge is 0.404 e. The zero-order valence-corrected chi connectivity index (χ0v) is 10.8. The van der Waals surface area contributed by atoms with Gasteiger partial charge in [-0.1, -0.05) is 24.3 Å². The van der Waals surface area contributed by atoms with Crippen LogP contribution in [0.15, 0.2) is 24.3 Å². The molecule has 0 bridgehead atoms. The first-order valence-electron chi connectivity index (χ1n) is 6.54. The van der Waals surface area contributed by atoms with Crippen LogP contribution in [0.1, 0.15) is 17.5 Å². The summed E-state index contributed by atoms with van der Waals surface area (Å²) in [6, 6.07) is 8.06. The number of halogens is 1. The third kappa shape index (κ3) is 4.52. The maximum atomic E-state index is 13.0. The van der Waals surface area contributed by atoms with Crippen LogP contribution in [-0.4, -0.2) is 41.9 Å². The van der Waals surface area contributed by atoms with Gasteiger partial charge in [-0.3, -0.25) is 4.90 Å². The molecule has 1 aliphatic heterocycles. The predicted octanol–water partition coefficient (Wildman–Crippen LogP) is 2.04. The maximum absolute atomic E-state index is 13.0. The second-order valence-corrected chi connectivity index (χ2v) is 4.92. The molecule has 1 aliphatic rings. The van der Waals surface area contributed by atoms with E-state index in [0.29, 0.717) is 25.9 Å². The van der Waals surface area contributed by atoms with E-state index in [4.69, 9.17) is 5.11 Å². The Morgan fingerprint density at radius 3 is 2.63 bits per heavy atom. The number of hydrogen-bond acceptors (Lipinski definition) is 2. The number of carbonyl (C=O) groups is 1. The minimum Gasteiger partial charge on any atom is -0.465 e. The Morgan fingerprint density at radius 1 is 1.37 bits per heavy atom. The lowest BCUT2D eigenvalue weighted by Gasteiger charge is -2.14. The van der Waals surface area contributed by atoms with Crippen LogP contribution in [0.25, 0.3) is 0 Å². The van der Waals surface area contributed by atoms with Gasteiger partial charge in [0.2, 0.25) is 0 Å². The third-order valence-electron chi connectivity index (χ3n) is 3.33. The van der Waals surface area contributed by atoms with E-state index < -0.39 is 12.3 Å². The zero-order valence-electron chi connectivity index (χ0n) is 10.8. The Morgan fingerprint density at radius 2 is 2.05 bits per heavy atom. The Kier molecular flexibility index (Phi) is 4.74. The molecule has 19 heavy (non-hydrogen) atoms. The molecule has 1 atom stereocenters. The van der Waals surface area contributed by atoms with Gasteiger partial charge in [0.1, 0.15) is 6.17 Å². The molecule has 0 saturated carbocycles. The molecule has 0 unspecified atom stereocenters. The topological polar surface area (TPSA) is 52.6 Å². The van der Waals surface area contributed by atoms with Gasteiger partial charge in [-0.15, -0.1) is 0 Å². The maximum Gasteiger partial charge on any atom is 0.404 e. The molecule has 1 amide bonds. The van der Waals surface area contributed by atoms with E-state index in [9.17, 15) is 9.18 Å². The Hall–Kier alpha value is -1.62. The molecule has 4 nitrogen and oxygen atoms in total. The molecule has 1 fully saturated rings. The molecule has 0 aromatic heterocycles. The standard InChI is InChI=1S/C14H19FN2O2/c15-13-6-8-17(10-13)9-12-3-1-11(2-4-12)5-7-16-14(18)19/h1-4,13,16H,5-10H2,(H,18,19)/t13-/m0/s1. The van der Waals surface area contributed by atoms with Crippen LogP contribution < -0.4 is 5.32 Å². The summed E-state index contributed by atoms with van der Waals surface area (Å²) in [6.45, 7) is 2.56. The van der Waals surface area contributed by atoms with E-state index in [1.54, 1.807) is 0 Å². The molecular weight excluding hydrogens is 247 g/mol. The van der Waals surface area contributed by atoms with Crippen molar-refractivity contribution in [1.29, 1.82) is 0 Å². The zero-order chi connectivity index (χ0) is 13.7. The summed E-state index contributed by atoms with van der Waals surface area (Å²) in [5.41, 5.74) is 2.27. The minimum absolute atomic E-state index is 0.421. The highest BCUT2D eigenvalue weighted by Crippen LogP contribution is 2.16. The van der Waals surface area contributed by atoms with Crippen LogP contribution in [-0.2, 0) is 13.0 Å². The number of amides is 1. The van der Waals surface area contributed by atoms with Crippen molar-refractivity contribution in [2.24, 2.45) is 0 Å². The van der Waals surface area contributed by atoms with Crippen molar-refractivity contribution in [3.8, 4) is 0 Å². The van der Waals surface area contributed by atoms with Crippen molar-refractivity contribution in [1.82, 2.24) is 10.2 Å². The monoisotopic (exact) mass is 266 g/mol. The largest absolute Gasteiger partial charge is 0.465 e. The molecule has 104 valence electrons. The van der Waals surface area contributed by atoms with E-state index in [1.165, 1.54) is 5.56 Å². The fourth-order valence-corrected chi connectivity index (χ4v) is 2.31. The van der Waals surface area contributed by atoms with Gasteiger partial charge in [0, 0.05) is 26.2 Å². The van der Waals surface area contributed by atoms with Gasteiger partial charge in [0.15, 0.2) is 0 Å². The highest BCUT2D eigenvalue weighted by molar-refractivity contribution is 5.64. The molecule has 1 aromatic rings. The highest BCUT2D eigenvalue weighted by atomic mass is 19.1. The fraction of sp³-hybridized carbons (Fsp3) is 0.500. The molecule has 1 heterocycles. The van der Waals surface area contributed by atoms with E-state index in [2.05, 4.69) is 10.2 Å². The average Bonchev–Trinajstić information content (AvgIpc) is 2.77. The van der Waals surface area contributed by atoms with E-state index in [0.717, 1.165) is 18.7 Å². The summed E-state index contributed by atoms with van der Waals surface area (Å²) in [4.78, 5) is 12.4. The van der Waals surface area contributed by atoms with E-state index in [-0.39, 0.29) is 0 Å². The second-order valence-electron chi connectivity index (χ2n) is 4.92. The Bertz CT molecular complexity index is 422. The van der Waals surface area contributed by atoms with Crippen LogP contribution >= 0.6 is 0 Å². The molecular formula is C14H19FN2O2.